The summed E-state index contributed by atoms with van der Waals surface area (Å²) < 4.78 is 0. The molecule has 1 nitrogen and oxygen atoms in total. The second kappa shape index (κ2) is 8.61. The van der Waals surface area contributed by atoms with E-state index in [2.05, 4.69) is 19.6 Å². The fourth-order valence-electron chi connectivity index (χ4n) is 1.26. The van der Waals surface area contributed by atoms with Gasteiger partial charge in [-0.1, -0.05) is 26.7 Å². The molecule has 1 unspecified atom stereocenters. The van der Waals surface area contributed by atoms with Crippen LogP contribution in [0.25, 0.3) is 0 Å². The lowest BCUT2D eigenvalue weighted by Gasteiger charge is -2.06. The van der Waals surface area contributed by atoms with Gasteiger partial charge in [0.1, 0.15) is 5.78 Å². The molecular formula is C11H22OS. The van der Waals surface area contributed by atoms with Crippen LogP contribution in [0.5, 0.6) is 0 Å². The monoisotopic (exact) mass is 202 g/mol. The number of ketones is 1. The highest BCUT2D eigenvalue weighted by molar-refractivity contribution is 7.80. The lowest BCUT2D eigenvalue weighted by molar-refractivity contribution is -0.118. The van der Waals surface area contributed by atoms with Crippen LogP contribution >= 0.6 is 12.6 Å². The van der Waals surface area contributed by atoms with Crippen LogP contribution in [0.3, 0.4) is 0 Å². The summed E-state index contributed by atoms with van der Waals surface area (Å²) in [5.41, 5.74) is 0. The molecule has 0 saturated carbocycles. The summed E-state index contributed by atoms with van der Waals surface area (Å²) >= 11 is 4.42. The fourth-order valence-corrected chi connectivity index (χ4v) is 1.44. The topological polar surface area (TPSA) is 17.1 Å². The molecule has 0 rings (SSSR count). The van der Waals surface area contributed by atoms with Crippen LogP contribution in [0.2, 0.25) is 0 Å². The summed E-state index contributed by atoms with van der Waals surface area (Å²) in [6.07, 6.45) is 7.29. The van der Waals surface area contributed by atoms with Crippen LogP contribution in [0.1, 0.15) is 58.8 Å². The predicted octanol–water partition coefficient (Wildman–Crippen LogP) is 3.62. The molecule has 0 saturated heterocycles. The molecule has 0 radical (unpaired) electrons. The third-order valence-corrected chi connectivity index (χ3v) is 2.98. The zero-order valence-corrected chi connectivity index (χ0v) is 9.78. The summed E-state index contributed by atoms with van der Waals surface area (Å²) in [5, 5.41) is 0.557. The molecule has 0 aromatic carbocycles. The third-order valence-electron chi connectivity index (χ3n) is 2.36. The zero-order chi connectivity index (χ0) is 10.1. The Morgan fingerprint density at radius 2 is 1.92 bits per heavy atom. The second-order valence-electron chi connectivity index (χ2n) is 3.55. The van der Waals surface area contributed by atoms with Crippen molar-refractivity contribution in [2.75, 3.05) is 0 Å². The molecule has 13 heavy (non-hydrogen) atoms. The molecule has 0 aromatic rings. The largest absolute Gasteiger partial charge is 0.300 e. The zero-order valence-electron chi connectivity index (χ0n) is 8.88. The first kappa shape index (κ1) is 13.0. The maximum absolute atomic E-state index is 10.9. The second-order valence-corrected chi connectivity index (χ2v) is 4.28. The fraction of sp³-hybridized carbons (Fsp3) is 0.909. The number of hydrogen-bond donors (Lipinski definition) is 1. The van der Waals surface area contributed by atoms with Crippen molar-refractivity contribution in [1.82, 2.24) is 0 Å². The molecule has 0 heterocycles. The van der Waals surface area contributed by atoms with Crippen molar-refractivity contribution < 1.29 is 4.79 Å². The van der Waals surface area contributed by atoms with Crippen LogP contribution in [-0.2, 0) is 4.79 Å². The van der Waals surface area contributed by atoms with Crippen LogP contribution in [0, 0.1) is 0 Å². The van der Waals surface area contributed by atoms with Gasteiger partial charge in [-0.15, -0.1) is 0 Å². The van der Waals surface area contributed by atoms with Gasteiger partial charge in [-0.25, -0.2) is 0 Å². The van der Waals surface area contributed by atoms with Crippen molar-refractivity contribution in [3.05, 3.63) is 0 Å². The van der Waals surface area contributed by atoms with Gasteiger partial charge in [0.25, 0.3) is 0 Å². The lowest BCUT2D eigenvalue weighted by atomic mass is 10.1. The van der Waals surface area contributed by atoms with E-state index in [1.54, 1.807) is 0 Å². The number of thiol groups is 1. The van der Waals surface area contributed by atoms with E-state index in [9.17, 15) is 4.79 Å². The van der Waals surface area contributed by atoms with Gasteiger partial charge in [0.2, 0.25) is 0 Å². The molecule has 0 spiro atoms. The number of carbonyl (C=O) groups is 1. The average molecular weight is 202 g/mol. The number of Topliss-reactive ketones (excluding diaryl/α,β-unsaturated/α-hetero) is 1. The molecule has 2 heteroatoms. The number of hydrogen-bond acceptors (Lipinski definition) is 2. The minimum atomic E-state index is 0.401. The Hall–Kier alpha value is 0.0200. The highest BCUT2D eigenvalue weighted by Gasteiger charge is 2.00. The summed E-state index contributed by atoms with van der Waals surface area (Å²) in [7, 11) is 0. The minimum Gasteiger partial charge on any atom is -0.300 e. The SMILES string of the molecule is CCC(=O)CCCCCC(S)CC. The Kier molecular flexibility index (Phi) is 8.62. The minimum absolute atomic E-state index is 0.401. The Morgan fingerprint density at radius 3 is 2.46 bits per heavy atom. The molecule has 1 atom stereocenters. The van der Waals surface area contributed by atoms with Crippen molar-refractivity contribution >= 4 is 18.4 Å². The van der Waals surface area contributed by atoms with E-state index in [4.69, 9.17) is 0 Å². The summed E-state index contributed by atoms with van der Waals surface area (Å²) in [6.45, 7) is 4.10. The van der Waals surface area contributed by atoms with Gasteiger partial charge in [-0.3, -0.25) is 4.79 Å². The first-order valence-corrected chi connectivity index (χ1v) is 5.92. The van der Waals surface area contributed by atoms with E-state index in [0.717, 1.165) is 19.3 Å². The van der Waals surface area contributed by atoms with Gasteiger partial charge in [0.05, 0.1) is 0 Å². The van der Waals surface area contributed by atoms with E-state index in [0.29, 0.717) is 17.5 Å². The van der Waals surface area contributed by atoms with Gasteiger partial charge in [0, 0.05) is 18.1 Å². The van der Waals surface area contributed by atoms with Gasteiger partial charge in [-0.05, 0) is 19.3 Å². The van der Waals surface area contributed by atoms with Crippen molar-refractivity contribution in [2.45, 2.75) is 64.0 Å². The normalized spacial score (nSPS) is 12.8. The quantitative estimate of drug-likeness (QED) is 0.470. The molecule has 0 aliphatic carbocycles. The Balaban J connectivity index is 3.12. The molecule has 0 aromatic heterocycles. The van der Waals surface area contributed by atoms with Gasteiger partial charge in [-0.2, -0.15) is 12.6 Å². The van der Waals surface area contributed by atoms with E-state index in [1.807, 2.05) is 6.92 Å². The number of unbranched alkanes of at least 4 members (excludes halogenated alkanes) is 2. The van der Waals surface area contributed by atoms with E-state index < -0.39 is 0 Å². The smallest absolute Gasteiger partial charge is 0.132 e. The molecule has 78 valence electrons. The Bertz CT molecular complexity index is 134. The maximum atomic E-state index is 10.9. The maximum Gasteiger partial charge on any atom is 0.132 e. The summed E-state index contributed by atoms with van der Waals surface area (Å²) in [4.78, 5) is 10.9. The van der Waals surface area contributed by atoms with Crippen LogP contribution < -0.4 is 0 Å². The van der Waals surface area contributed by atoms with E-state index >= 15 is 0 Å². The van der Waals surface area contributed by atoms with Gasteiger partial charge >= 0.3 is 0 Å². The highest BCUT2D eigenvalue weighted by atomic mass is 32.1. The van der Waals surface area contributed by atoms with Crippen molar-refractivity contribution in [3.8, 4) is 0 Å². The van der Waals surface area contributed by atoms with Crippen molar-refractivity contribution in [3.63, 3.8) is 0 Å². The van der Waals surface area contributed by atoms with Crippen molar-refractivity contribution in [2.24, 2.45) is 0 Å². The molecule has 0 aliphatic rings. The molecule has 0 aliphatic heterocycles. The number of carbonyl (C=O) groups excluding carboxylic acids is 1. The molecule has 0 N–H and O–H groups in total. The highest BCUT2D eigenvalue weighted by Crippen LogP contribution is 2.12. The van der Waals surface area contributed by atoms with E-state index in [1.165, 1.54) is 19.3 Å². The van der Waals surface area contributed by atoms with Crippen LogP contribution in [0.15, 0.2) is 0 Å². The average Bonchev–Trinajstić information content (AvgIpc) is 2.16. The van der Waals surface area contributed by atoms with Gasteiger partial charge < -0.3 is 0 Å². The summed E-state index contributed by atoms with van der Waals surface area (Å²) in [5.74, 6) is 0.401. The molecular weight excluding hydrogens is 180 g/mol. The van der Waals surface area contributed by atoms with Crippen molar-refractivity contribution in [1.29, 1.82) is 0 Å². The van der Waals surface area contributed by atoms with Crippen LogP contribution in [0.4, 0.5) is 0 Å². The first-order valence-electron chi connectivity index (χ1n) is 5.40. The standard InChI is InChI=1S/C11H22OS/c1-3-10(12)8-6-5-7-9-11(13)4-2/h11,13H,3-9H2,1-2H3. The van der Waals surface area contributed by atoms with Crippen LogP contribution in [-0.4, -0.2) is 11.0 Å². The van der Waals surface area contributed by atoms with Gasteiger partial charge in [0.15, 0.2) is 0 Å². The number of rotatable bonds is 8. The lowest BCUT2D eigenvalue weighted by Crippen LogP contribution is -1.97. The molecule has 0 bridgehead atoms. The third kappa shape index (κ3) is 8.35. The predicted molar refractivity (Wildman–Crippen MR) is 61.4 cm³/mol. The summed E-state index contributed by atoms with van der Waals surface area (Å²) in [6, 6.07) is 0. The molecule has 0 amide bonds. The first-order chi connectivity index (χ1) is 6.20. The molecule has 0 fully saturated rings. The Morgan fingerprint density at radius 1 is 1.23 bits per heavy atom. The van der Waals surface area contributed by atoms with E-state index in [-0.39, 0.29) is 0 Å². The Labute approximate surface area is 87.7 Å².